The summed E-state index contributed by atoms with van der Waals surface area (Å²) in [5.74, 6) is 0.120. The molecule has 0 bridgehead atoms. The Hall–Kier alpha value is -2.99. The SMILES string of the molecule is O=S(=O)(c1ccc(-n2cnnn2)cc1)N1CCC(Oc2cccc(C(F)(F)F)c2)CC1. The van der Waals surface area contributed by atoms with Gasteiger partial charge in [-0.05, 0) is 65.7 Å². The van der Waals surface area contributed by atoms with Crippen LogP contribution in [0, 0.1) is 0 Å². The third kappa shape index (κ3) is 4.69. The minimum atomic E-state index is -4.45. The van der Waals surface area contributed by atoms with E-state index in [9.17, 15) is 21.6 Å². The van der Waals surface area contributed by atoms with E-state index in [2.05, 4.69) is 15.5 Å². The van der Waals surface area contributed by atoms with Crippen LogP contribution in [-0.2, 0) is 16.2 Å². The van der Waals surface area contributed by atoms with Gasteiger partial charge >= 0.3 is 6.18 Å². The molecule has 0 N–H and O–H groups in total. The Kier molecular flexibility index (Phi) is 5.67. The number of hydrogen-bond acceptors (Lipinski definition) is 6. The van der Waals surface area contributed by atoms with Crippen LogP contribution in [0.5, 0.6) is 5.75 Å². The van der Waals surface area contributed by atoms with Crippen LogP contribution < -0.4 is 4.74 Å². The summed E-state index contributed by atoms with van der Waals surface area (Å²) < 4.78 is 72.8. The maximum atomic E-state index is 12.9. The Balaban J connectivity index is 1.39. The highest BCUT2D eigenvalue weighted by Gasteiger charge is 2.32. The van der Waals surface area contributed by atoms with Crippen LogP contribution >= 0.6 is 0 Å². The van der Waals surface area contributed by atoms with Crippen LogP contribution in [0.15, 0.2) is 59.8 Å². The molecule has 4 rings (SSSR count). The van der Waals surface area contributed by atoms with Crippen molar-refractivity contribution in [1.82, 2.24) is 24.5 Å². The van der Waals surface area contributed by atoms with Gasteiger partial charge in [0.15, 0.2) is 0 Å². The van der Waals surface area contributed by atoms with E-state index in [0.29, 0.717) is 18.5 Å². The lowest BCUT2D eigenvalue weighted by Crippen LogP contribution is -2.41. The van der Waals surface area contributed by atoms with E-state index >= 15 is 0 Å². The zero-order valence-corrected chi connectivity index (χ0v) is 16.9. The van der Waals surface area contributed by atoms with E-state index in [1.807, 2.05) is 0 Å². The van der Waals surface area contributed by atoms with Gasteiger partial charge in [0.2, 0.25) is 10.0 Å². The van der Waals surface area contributed by atoms with E-state index in [0.717, 1.165) is 12.1 Å². The van der Waals surface area contributed by atoms with E-state index in [1.165, 1.54) is 39.6 Å². The monoisotopic (exact) mass is 453 g/mol. The van der Waals surface area contributed by atoms with Gasteiger partial charge in [0.1, 0.15) is 18.2 Å². The lowest BCUT2D eigenvalue weighted by molar-refractivity contribution is -0.137. The number of halogens is 3. The number of benzene rings is 2. The fourth-order valence-electron chi connectivity index (χ4n) is 3.33. The number of rotatable bonds is 5. The Morgan fingerprint density at radius 1 is 1.03 bits per heavy atom. The Bertz CT molecular complexity index is 1130. The first-order chi connectivity index (χ1) is 14.7. The van der Waals surface area contributed by atoms with Crippen LogP contribution in [0.25, 0.3) is 5.69 Å². The van der Waals surface area contributed by atoms with Crippen molar-refractivity contribution >= 4 is 10.0 Å². The summed E-state index contributed by atoms with van der Waals surface area (Å²) in [5, 5.41) is 10.8. The number of sulfonamides is 1. The predicted molar refractivity (Wildman–Crippen MR) is 103 cm³/mol. The fraction of sp³-hybridized carbons (Fsp3) is 0.316. The third-order valence-electron chi connectivity index (χ3n) is 4.95. The van der Waals surface area contributed by atoms with Gasteiger partial charge in [-0.15, -0.1) is 5.10 Å². The van der Waals surface area contributed by atoms with Gasteiger partial charge in [0.05, 0.1) is 16.1 Å². The molecule has 1 aliphatic heterocycles. The Morgan fingerprint density at radius 3 is 2.35 bits per heavy atom. The average Bonchev–Trinajstić information content (AvgIpc) is 3.29. The highest BCUT2D eigenvalue weighted by atomic mass is 32.2. The smallest absolute Gasteiger partial charge is 0.416 e. The largest absolute Gasteiger partial charge is 0.490 e. The van der Waals surface area contributed by atoms with E-state index < -0.39 is 21.8 Å². The van der Waals surface area contributed by atoms with Crippen LogP contribution in [-0.4, -0.2) is 52.1 Å². The lowest BCUT2D eigenvalue weighted by atomic mass is 10.1. The quantitative estimate of drug-likeness (QED) is 0.590. The van der Waals surface area contributed by atoms with Crippen molar-refractivity contribution in [3.63, 3.8) is 0 Å². The number of nitrogens with zero attached hydrogens (tertiary/aromatic N) is 5. The average molecular weight is 453 g/mol. The maximum Gasteiger partial charge on any atom is 0.416 e. The number of tetrazole rings is 1. The molecule has 1 fully saturated rings. The van der Waals surface area contributed by atoms with Gasteiger partial charge in [-0.1, -0.05) is 6.07 Å². The second-order valence-corrected chi connectivity index (χ2v) is 8.93. The summed E-state index contributed by atoms with van der Waals surface area (Å²) in [6.07, 6.45) is -2.66. The molecular weight excluding hydrogens is 435 g/mol. The van der Waals surface area contributed by atoms with Crippen LogP contribution in [0.3, 0.4) is 0 Å². The molecule has 0 atom stereocenters. The molecule has 1 saturated heterocycles. The Morgan fingerprint density at radius 2 is 1.74 bits per heavy atom. The number of piperidine rings is 1. The van der Waals surface area contributed by atoms with E-state index in [1.54, 1.807) is 12.1 Å². The van der Waals surface area contributed by atoms with Crippen molar-refractivity contribution in [3.8, 4) is 11.4 Å². The number of alkyl halides is 3. The van der Waals surface area contributed by atoms with E-state index in [4.69, 9.17) is 4.74 Å². The lowest BCUT2D eigenvalue weighted by Gasteiger charge is -2.31. The van der Waals surface area contributed by atoms with E-state index in [-0.39, 0.29) is 29.8 Å². The fourth-order valence-corrected chi connectivity index (χ4v) is 4.80. The van der Waals surface area contributed by atoms with Gasteiger partial charge in [-0.25, -0.2) is 13.1 Å². The molecule has 3 aromatic rings. The van der Waals surface area contributed by atoms with Gasteiger partial charge < -0.3 is 4.74 Å². The predicted octanol–water partition coefficient (Wildman–Crippen LogP) is 2.91. The van der Waals surface area contributed by atoms with Crippen molar-refractivity contribution in [2.45, 2.75) is 30.0 Å². The van der Waals surface area contributed by atoms with Crippen molar-refractivity contribution in [1.29, 1.82) is 0 Å². The maximum absolute atomic E-state index is 12.9. The first kappa shape index (κ1) is 21.2. The summed E-state index contributed by atoms with van der Waals surface area (Å²) in [6, 6.07) is 10.9. The molecule has 0 saturated carbocycles. The molecule has 2 aromatic carbocycles. The highest BCUT2D eigenvalue weighted by Crippen LogP contribution is 2.32. The molecule has 8 nitrogen and oxygen atoms in total. The zero-order valence-electron chi connectivity index (χ0n) is 16.1. The van der Waals surface area contributed by atoms with Crippen LogP contribution in [0.1, 0.15) is 18.4 Å². The third-order valence-corrected chi connectivity index (χ3v) is 6.87. The first-order valence-electron chi connectivity index (χ1n) is 9.41. The molecule has 0 amide bonds. The molecule has 0 radical (unpaired) electrons. The molecule has 164 valence electrons. The normalized spacial score (nSPS) is 16.4. The highest BCUT2D eigenvalue weighted by molar-refractivity contribution is 7.89. The molecular formula is C19H18F3N5O3S. The minimum absolute atomic E-state index is 0.120. The number of hydrogen-bond donors (Lipinski definition) is 0. The molecule has 2 heterocycles. The van der Waals surface area contributed by atoms with Crippen molar-refractivity contribution in [2.75, 3.05) is 13.1 Å². The first-order valence-corrected chi connectivity index (χ1v) is 10.8. The summed E-state index contributed by atoms with van der Waals surface area (Å²) >= 11 is 0. The summed E-state index contributed by atoms with van der Waals surface area (Å²) in [5.41, 5.74) is -0.160. The number of aromatic nitrogens is 4. The topological polar surface area (TPSA) is 90.2 Å². The molecule has 0 unspecified atom stereocenters. The minimum Gasteiger partial charge on any atom is -0.490 e. The van der Waals surface area contributed by atoms with Crippen molar-refractivity contribution < 1.29 is 26.3 Å². The summed E-state index contributed by atoms with van der Waals surface area (Å²) in [7, 11) is -3.70. The molecule has 1 aliphatic rings. The zero-order chi connectivity index (χ0) is 22.1. The van der Waals surface area contributed by atoms with Crippen molar-refractivity contribution in [3.05, 3.63) is 60.4 Å². The molecule has 31 heavy (non-hydrogen) atoms. The second kappa shape index (κ2) is 8.27. The molecule has 12 heteroatoms. The van der Waals surface area contributed by atoms with Crippen LogP contribution in [0.4, 0.5) is 13.2 Å². The standard InChI is InChI=1S/C19H18F3N5O3S/c20-19(21,22)14-2-1-3-17(12-14)30-16-8-10-26(11-9-16)31(28,29)18-6-4-15(5-7-18)27-13-23-24-25-27/h1-7,12-13,16H,8-11H2. The van der Waals surface area contributed by atoms with Gasteiger partial charge in [0, 0.05) is 13.1 Å². The number of ether oxygens (including phenoxy) is 1. The van der Waals surface area contributed by atoms with Gasteiger partial charge in [-0.2, -0.15) is 17.5 Å². The van der Waals surface area contributed by atoms with Gasteiger partial charge in [-0.3, -0.25) is 0 Å². The molecule has 0 aliphatic carbocycles. The molecule has 1 aromatic heterocycles. The van der Waals surface area contributed by atoms with Crippen molar-refractivity contribution in [2.24, 2.45) is 0 Å². The van der Waals surface area contributed by atoms with Gasteiger partial charge in [0.25, 0.3) is 0 Å². The molecule has 0 spiro atoms. The second-order valence-electron chi connectivity index (χ2n) is 7.00. The Labute approximate surface area is 176 Å². The summed E-state index contributed by atoms with van der Waals surface area (Å²) in [4.78, 5) is 0.140. The summed E-state index contributed by atoms with van der Waals surface area (Å²) in [6.45, 7) is 0.418. The van der Waals surface area contributed by atoms with Crippen LogP contribution in [0.2, 0.25) is 0 Å².